The number of nitrogens with zero attached hydrogens (tertiary/aromatic N) is 1. The van der Waals surface area contributed by atoms with E-state index in [4.69, 9.17) is 4.74 Å². The molecule has 0 bridgehead atoms. The number of alkyl halides is 1. The second-order valence-corrected chi connectivity index (χ2v) is 4.27. The largest absolute Gasteiger partial charge is 0.450 e. The van der Waals surface area contributed by atoms with E-state index in [2.05, 4.69) is 15.9 Å². The molecule has 2 aromatic rings. The van der Waals surface area contributed by atoms with Gasteiger partial charge in [0.15, 0.2) is 0 Å². The van der Waals surface area contributed by atoms with Crippen LogP contribution in [-0.2, 0) is 5.33 Å². The van der Waals surface area contributed by atoms with E-state index in [0.29, 0.717) is 11.1 Å². The predicted molar refractivity (Wildman–Crippen MR) is 72.2 cm³/mol. The van der Waals surface area contributed by atoms with Crippen LogP contribution in [-0.4, -0.2) is 4.92 Å². The van der Waals surface area contributed by atoms with E-state index in [1.54, 1.807) is 12.1 Å². The van der Waals surface area contributed by atoms with Crippen molar-refractivity contribution in [3.8, 4) is 11.5 Å². The van der Waals surface area contributed by atoms with Crippen LogP contribution in [0.3, 0.4) is 0 Å². The van der Waals surface area contributed by atoms with E-state index in [1.807, 2.05) is 12.1 Å². The fourth-order valence-corrected chi connectivity index (χ4v) is 2.02. The van der Waals surface area contributed by atoms with Gasteiger partial charge in [-0.2, -0.15) is 0 Å². The molecule has 2 rings (SSSR count). The van der Waals surface area contributed by atoms with E-state index in [9.17, 15) is 14.5 Å². The summed E-state index contributed by atoms with van der Waals surface area (Å²) >= 11 is 3.30. The summed E-state index contributed by atoms with van der Waals surface area (Å²) < 4.78 is 18.6. The minimum absolute atomic E-state index is 0.113. The lowest BCUT2D eigenvalue weighted by atomic mass is 10.2. The van der Waals surface area contributed by atoms with Gasteiger partial charge in [-0.3, -0.25) is 10.1 Å². The molecule has 0 saturated carbocycles. The Hall–Kier alpha value is -1.95. The van der Waals surface area contributed by atoms with Crippen LogP contribution in [0.25, 0.3) is 0 Å². The summed E-state index contributed by atoms with van der Waals surface area (Å²) in [6.07, 6.45) is 0. The zero-order valence-corrected chi connectivity index (χ0v) is 11.3. The topological polar surface area (TPSA) is 52.4 Å². The first kappa shape index (κ1) is 13.5. The maximum absolute atomic E-state index is 13.2. The molecule has 0 fully saturated rings. The molecule has 0 saturated heterocycles. The first-order valence-electron chi connectivity index (χ1n) is 5.37. The van der Waals surface area contributed by atoms with Crippen molar-refractivity contribution in [3.63, 3.8) is 0 Å². The molecule has 6 heteroatoms. The summed E-state index contributed by atoms with van der Waals surface area (Å²) in [4.78, 5) is 10.3. The molecule has 0 N–H and O–H groups in total. The fourth-order valence-electron chi connectivity index (χ4n) is 1.55. The normalized spacial score (nSPS) is 10.2. The summed E-state index contributed by atoms with van der Waals surface area (Å²) in [5, 5.41) is 11.4. The van der Waals surface area contributed by atoms with E-state index in [-0.39, 0.29) is 11.4 Å². The fraction of sp³-hybridized carbons (Fsp3) is 0.0769. The van der Waals surface area contributed by atoms with Crippen LogP contribution in [0.15, 0.2) is 42.5 Å². The minimum Gasteiger partial charge on any atom is -0.450 e. The van der Waals surface area contributed by atoms with Crippen molar-refractivity contribution in [1.29, 1.82) is 0 Å². The van der Waals surface area contributed by atoms with E-state index < -0.39 is 10.7 Å². The van der Waals surface area contributed by atoms with Crippen LogP contribution >= 0.6 is 15.9 Å². The molecule has 0 aliphatic rings. The van der Waals surface area contributed by atoms with Crippen molar-refractivity contribution in [1.82, 2.24) is 0 Å². The second kappa shape index (κ2) is 5.79. The van der Waals surface area contributed by atoms with Crippen LogP contribution in [0.1, 0.15) is 5.56 Å². The molecule has 0 unspecified atom stereocenters. The number of rotatable bonds is 4. The number of nitro groups is 1. The maximum atomic E-state index is 13.2. The Morgan fingerprint density at radius 2 is 1.95 bits per heavy atom. The molecule has 98 valence electrons. The molecular formula is C13H9BrFNO3. The zero-order chi connectivity index (χ0) is 13.8. The Balaban J connectivity index is 2.42. The van der Waals surface area contributed by atoms with Crippen molar-refractivity contribution in [2.75, 3.05) is 0 Å². The molecule has 0 atom stereocenters. The summed E-state index contributed by atoms with van der Waals surface area (Å²) in [5.41, 5.74) is 0.548. The predicted octanol–water partition coefficient (Wildman–Crippen LogP) is 4.42. The lowest BCUT2D eigenvalue weighted by Crippen LogP contribution is -1.95. The molecule has 0 amide bonds. The third kappa shape index (κ3) is 3.08. The van der Waals surface area contributed by atoms with Crippen LogP contribution in [0.2, 0.25) is 0 Å². The zero-order valence-electron chi connectivity index (χ0n) is 9.68. The van der Waals surface area contributed by atoms with Gasteiger partial charge in [0.2, 0.25) is 5.75 Å². The van der Waals surface area contributed by atoms with E-state index in [0.717, 1.165) is 23.8 Å². The molecule has 2 aromatic carbocycles. The van der Waals surface area contributed by atoms with Gasteiger partial charge in [0.1, 0.15) is 11.6 Å². The van der Waals surface area contributed by atoms with Gasteiger partial charge in [-0.15, -0.1) is 0 Å². The van der Waals surface area contributed by atoms with Crippen LogP contribution in [0.4, 0.5) is 10.1 Å². The number of hydrogen-bond donors (Lipinski definition) is 0. The molecule has 0 heterocycles. The van der Waals surface area contributed by atoms with Gasteiger partial charge in [-0.25, -0.2) is 4.39 Å². The quantitative estimate of drug-likeness (QED) is 0.475. The Morgan fingerprint density at radius 1 is 1.21 bits per heavy atom. The SMILES string of the molecule is O=[N+]([O-])c1ccc(F)cc1Oc1ccccc1CBr. The number of benzene rings is 2. The summed E-state index contributed by atoms with van der Waals surface area (Å²) in [6.45, 7) is 0. The lowest BCUT2D eigenvalue weighted by molar-refractivity contribution is -0.385. The van der Waals surface area contributed by atoms with Crippen molar-refractivity contribution in [2.24, 2.45) is 0 Å². The Kier molecular flexibility index (Phi) is 4.11. The molecule has 0 radical (unpaired) electrons. The Labute approximate surface area is 117 Å². The van der Waals surface area contributed by atoms with Gasteiger partial charge in [0, 0.05) is 23.0 Å². The van der Waals surface area contributed by atoms with Gasteiger partial charge in [0.25, 0.3) is 0 Å². The number of ether oxygens (including phenoxy) is 1. The smallest absolute Gasteiger partial charge is 0.311 e. The van der Waals surface area contributed by atoms with E-state index in [1.165, 1.54) is 0 Å². The number of nitro benzene ring substituents is 1. The van der Waals surface area contributed by atoms with Crippen molar-refractivity contribution in [2.45, 2.75) is 5.33 Å². The van der Waals surface area contributed by atoms with Crippen molar-refractivity contribution >= 4 is 21.6 Å². The highest BCUT2D eigenvalue weighted by Crippen LogP contribution is 2.33. The molecule has 0 spiro atoms. The van der Waals surface area contributed by atoms with Gasteiger partial charge < -0.3 is 4.74 Å². The summed E-state index contributed by atoms with van der Waals surface area (Å²) in [7, 11) is 0. The summed E-state index contributed by atoms with van der Waals surface area (Å²) in [5.74, 6) is -0.247. The first-order chi connectivity index (χ1) is 9.11. The highest BCUT2D eigenvalue weighted by molar-refractivity contribution is 9.08. The third-order valence-corrected chi connectivity index (χ3v) is 3.06. The molecule has 0 aromatic heterocycles. The van der Waals surface area contributed by atoms with E-state index >= 15 is 0 Å². The Morgan fingerprint density at radius 3 is 2.63 bits per heavy atom. The second-order valence-electron chi connectivity index (χ2n) is 3.71. The van der Waals surface area contributed by atoms with Gasteiger partial charge >= 0.3 is 5.69 Å². The highest BCUT2D eigenvalue weighted by Gasteiger charge is 2.17. The average molecular weight is 326 g/mol. The lowest BCUT2D eigenvalue weighted by Gasteiger charge is -2.09. The standard InChI is InChI=1S/C13H9BrFNO3/c14-8-9-3-1-2-4-12(9)19-13-7-10(15)5-6-11(13)16(17)18/h1-7H,8H2. The first-order valence-corrected chi connectivity index (χ1v) is 6.49. The Bertz CT molecular complexity index is 619. The van der Waals surface area contributed by atoms with Gasteiger partial charge in [0.05, 0.1) is 4.92 Å². The van der Waals surface area contributed by atoms with Gasteiger partial charge in [-0.05, 0) is 12.1 Å². The number of para-hydroxylation sites is 1. The monoisotopic (exact) mass is 325 g/mol. The van der Waals surface area contributed by atoms with Crippen molar-refractivity contribution in [3.05, 3.63) is 64.0 Å². The summed E-state index contributed by atoms with van der Waals surface area (Å²) in [6, 6.07) is 10.2. The van der Waals surface area contributed by atoms with Gasteiger partial charge in [-0.1, -0.05) is 34.1 Å². The number of halogens is 2. The molecular weight excluding hydrogens is 317 g/mol. The molecule has 4 nitrogen and oxygen atoms in total. The highest BCUT2D eigenvalue weighted by atomic mass is 79.9. The molecule has 0 aliphatic heterocycles. The average Bonchev–Trinajstić information content (AvgIpc) is 2.39. The van der Waals surface area contributed by atoms with Crippen LogP contribution in [0, 0.1) is 15.9 Å². The van der Waals surface area contributed by atoms with Crippen LogP contribution in [0.5, 0.6) is 11.5 Å². The molecule has 19 heavy (non-hydrogen) atoms. The minimum atomic E-state index is -0.606. The van der Waals surface area contributed by atoms with Crippen molar-refractivity contribution < 1.29 is 14.1 Å². The molecule has 0 aliphatic carbocycles. The number of hydrogen-bond acceptors (Lipinski definition) is 3. The maximum Gasteiger partial charge on any atom is 0.311 e. The third-order valence-electron chi connectivity index (χ3n) is 2.46. The van der Waals surface area contributed by atoms with Crippen LogP contribution < -0.4 is 4.74 Å².